The van der Waals surface area contributed by atoms with Crippen LogP contribution < -0.4 is 5.63 Å². The van der Waals surface area contributed by atoms with Gasteiger partial charge in [0.15, 0.2) is 0 Å². The van der Waals surface area contributed by atoms with Crippen molar-refractivity contribution < 1.29 is 13.9 Å². The van der Waals surface area contributed by atoms with Crippen LogP contribution in [0, 0.1) is 6.92 Å². The van der Waals surface area contributed by atoms with Gasteiger partial charge in [0.2, 0.25) is 0 Å². The van der Waals surface area contributed by atoms with Crippen molar-refractivity contribution in [2.24, 2.45) is 0 Å². The Morgan fingerprint density at radius 1 is 1.09 bits per heavy atom. The molecule has 0 bridgehead atoms. The van der Waals surface area contributed by atoms with E-state index in [4.69, 9.17) is 8.83 Å². The molecule has 0 saturated carbocycles. The number of aryl methyl sites for hydroxylation is 1. The van der Waals surface area contributed by atoms with Crippen molar-refractivity contribution in [3.05, 3.63) is 63.9 Å². The van der Waals surface area contributed by atoms with E-state index >= 15 is 0 Å². The molecule has 2 heterocycles. The lowest BCUT2D eigenvalue weighted by molar-refractivity contribution is 0.285. The summed E-state index contributed by atoms with van der Waals surface area (Å²) in [5, 5.41) is 10.3. The largest absolute Gasteiger partial charge is 0.508 e. The van der Waals surface area contributed by atoms with Crippen LogP contribution in [0.25, 0.3) is 11.0 Å². The van der Waals surface area contributed by atoms with Gasteiger partial charge in [0.1, 0.15) is 22.9 Å². The third kappa shape index (κ3) is 3.04. The summed E-state index contributed by atoms with van der Waals surface area (Å²) in [6, 6.07) is 10.2. The van der Waals surface area contributed by atoms with Gasteiger partial charge in [-0.1, -0.05) is 0 Å². The summed E-state index contributed by atoms with van der Waals surface area (Å²) in [6.07, 6.45) is 0. The summed E-state index contributed by atoms with van der Waals surface area (Å²) in [7, 11) is 1.96. The highest BCUT2D eigenvalue weighted by Crippen LogP contribution is 2.23. The summed E-state index contributed by atoms with van der Waals surface area (Å²) in [5.41, 5.74) is 0.831. The molecule has 0 unspecified atom stereocenters. The summed E-state index contributed by atoms with van der Waals surface area (Å²) in [6.45, 7) is 3.13. The minimum atomic E-state index is -0.421. The first-order chi connectivity index (χ1) is 10.5. The average Bonchev–Trinajstić information content (AvgIpc) is 2.83. The van der Waals surface area contributed by atoms with Crippen LogP contribution in [0.4, 0.5) is 0 Å². The number of phenolic OH excluding ortho intramolecular Hbond substituents is 1. The van der Waals surface area contributed by atoms with Gasteiger partial charge in [-0.05, 0) is 43.8 Å². The third-order valence-electron chi connectivity index (χ3n) is 3.48. The molecule has 0 fully saturated rings. The summed E-state index contributed by atoms with van der Waals surface area (Å²) in [4.78, 5) is 13.7. The molecule has 3 rings (SSSR count). The van der Waals surface area contributed by atoms with Crippen LogP contribution >= 0.6 is 0 Å². The highest BCUT2D eigenvalue weighted by Gasteiger charge is 2.10. The molecule has 0 aliphatic rings. The average molecular weight is 299 g/mol. The van der Waals surface area contributed by atoms with Crippen LogP contribution in [0.15, 0.2) is 50.0 Å². The van der Waals surface area contributed by atoms with E-state index in [1.165, 1.54) is 12.1 Å². The maximum absolute atomic E-state index is 11.7. The number of hydrogen-bond donors (Lipinski definition) is 1. The second-order valence-corrected chi connectivity index (χ2v) is 5.46. The molecule has 0 atom stereocenters. The van der Waals surface area contributed by atoms with Crippen molar-refractivity contribution in [1.82, 2.24) is 4.90 Å². The summed E-state index contributed by atoms with van der Waals surface area (Å²) in [5.74, 6) is 1.84. The van der Waals surface area contributed by atoms with Gasteiger partial charge in [-0.2, -0.15) is 0 Å². The molecular weight excluding hydrogens is 282 g/mol. The zero-order chi connectivity index (χ0) is 15.7. The lowest BCUT2D eigenvalue weighted by atomic mass is 10.1. The number of benzene rings is 1. The molecule has 5 heteroatoms. The fourth-order valence-corrected chi connectivity index (χ4v) is 2.53. The molecule has 22 heavy (non-hydrogen) atoms. The van der Waals surface area contributed by atoms with Crippen molar-refractivity contribution in [1.29, 1.82) is 0 Å². The van der Waals surface area contributed by atoms with Gasteiger partial charge < -0.3 is 13.9 Å². The molecule has 0 amide bonds. The minimum Gasteiger partial charge on any atom is -0.508 e. The van der Waals surface area contributed by atoms with Gasteiger partial charge in [-0.25, -0.2) is 4.79 Å². The molecule has 1 aromatic carbocycles. The standard InChI is InChI=1S/C17H17NO4/c1-11-3-5-14(21-11)10-18(2)9-12-7-17(20)22-16-8-13(19)4-6-15(12)16/h3-8,19H,9-10H2,1-2H3. The summed E-state index contributed by atoms with van der Waals surface area (Å²) < 4.78 is 10.7. The molecule has 114 valence electrons. The highest BCUT2D eigenvalue weighted by molar-refractivity contribution is 5.81. The van der Waals surface area contributed by atoms with E-state index in [1.54, 1.807) is 12.1 Å². The van der Waals surface area contributed by atoms with E-state index in [1.807, 2.05) is 26.1 Å². The van der Waals surface area contributed by atoms with Crippen LogP contribution in [0.5, 0.6) is 5.75 Å². The predicted molar refractivity (Wildman–Crippen MR) is 82.8 cm³/mol. The molecular formula is C17H17NO4. The zero-order valence-electron chi connectivity index (χ0n) is 12.5. The Kier molecular flexibility index (Phi) is 3.73. The van der Waals surface area contributed by atoms with Crippen LogP contribution in [-0.4, -0.2) is 17.1 Å². The minimum absolute atomic E-state index is 0.0761. The van der Waals surface area contributed by atoms with E-state index in [2.05, 4.69) is 4.90 Å². The monoisotopic (exact) mass is 299 g/mol. The molecule has 3 aromatic rings. The second kappa shape index (κ2) is 5.69. The fraction of sp³-hybridized carbons (Fsp3) is 0.235. The molecule has 1 N–H and O–H groups in total. The normalized spacial score (nSPS) is 11.4. The lowest BCUT2D eigenvalue weighted by Gasteiger charge is -2.16. The first-order valence-electron chi connectivity index (χ1n) is 7.01. The first-order valence-corrected chi connectivity index (χ1v) is 7.01. The Hall–Kier alpha value is -2.53. The molecule has 0 saturated heterocycles. The van der Waals surface area contributed by atoms with Gasteiger partial charge >= 0.3 is 5.63 Å². The van der Waals surface area contributed by atoms with Crippen molar-refractivity contribution >= 4 is 11.0 Å². The molecule has 0 spiro atoms. The maximum atomic E-state index is 11.7. The van der Waals surface area contributed by atoms with Gasteiger partial charge in [-0.15, -0.1) is 0 Å². The van der Waals surface area contributed by atoms with E-state index in [0.29, 0.717) is 18.7 Å². The fourth-order valence-electron chi connectivity index (χ4n) is 2.53. The quantitative estimate of drug-likeness (QED) is 0.750. The molecule has 0 radical (unpaired) electrons. The Morgan fingerprint density at radius 3 is 2.64 bits per heavy atom. The highest BCUT2D eigenvalue weighted by atomic mass is 16.4. The number of nitrogens with zero attached hydrogens (tertiary/aromatic N) is 1. The lowest BCUT2D eigenvalue weighted by Crippen LogP contribution is -2.18. The maximum Gasteiger partial charge on any atom is 0.336 e. The van der Waals surface area contributed by atoms with E-state index < -0.39 is 5.63 Å². The second-order valence-electron chi connectivity index (χ2n) is 5.46. The SMILES string of the molecule is Cc1ccc(CN(C)Cc2cc(=O)oc3cc(O)ccc23)o1. The van der Waals surface area contributed by atoms with Crippen LogP contribution in [-0.2, 0) is 13.1 Å². The van der Waals surface area contributed by atoms with Gasteiger partial charge in [0.25, 0.3) is 0 Å². The number of furan rings is 1. The number of aromatic hydroxyl groups is 1. The Morgan fingerprint density at radius 2 is 1.91 bits per heavy atom. The molecule has 0 aliphatic carbocycles. The third-order valence-corrected chi connectivity index (χ3v) is 3.48. The Bertz CT molecular complexity index is 862. The number of phenols is 1. The van der Waals surface area contributed by atoms with Gasteiger partial charge in [-0.3, -0.25) is 4.90 Å². The van der Waals surface area contributed by atoms with Crippen LogP contribution in [0.2, 0.25) is 0 Å². The summed E-state index contributed by atoms with van der Waals surface area (Å²) >= 11 is 0. The van der Waals surface area contributed by atoms with Crippen LogP contribution in [0.3, 0.4) is 0 Å². The van der Waals surface area contributed by atoms with Crippen molar-refractivity contribution in [3.8, 4) is 5.75 Å². The molecule has 5 nitrogen and oxygen atoms in total. The van der Waals surface area contributed by atoms with E-state index in [-0.39, 0.29) is 5.75 Å². The molecule has 0 aliphatic heterocycles. The van der Waals surface area contributed by atoms with Crippen molar-refractivity contribution in [2.75, 3.05) is 7.05 Å². The number of hydrogen-bond acceptors (Lipinski definition) is 5. The smallest absolute Gasteiger partial charge is 0.336 e. The zero-order valence-corrected chi connectivity index (χ0v) is 12.5. The Balaban J connectivity index is 1.88. The molecule has 2 aromatic heterocycles. The Labute approximate surface area is 127 Å². The number of rotatable bonds is 4. The first kappa shape index (κ1) is 14.4. The number of fused-ring (bicyclic) bond motifs is 1. The van der Waals surface area contributed by atoms with Gasteiger partial charge in [0, 0.05) is 24.1 Å². The topological polar surface area (TPSA) is 66.8 Å². The van der Waals surface area contributed by atoms with E-state index in [0.717, 1.165) is 22.5 Å². The van der Waals surface area contributed by atoms with Crippen molar-refractivity contribution in [2.45, 2.75) is 20.0 Å². The van der Waals surface area contributed by atoms with Crippen molar-refractivity contribution in [3.63, 3.8) is 0 Å². The van der Waals surface area contributed by atoms with E-state index in [9.17, 15) is 9.90 Å². The predicted octanol–water partition coefficient (Wildman–Crippen LogP) is 3.03. The van der Waals surface area contributed by atoms with Gasteiger partial charge in [0.05, 0.1) is 6.54 Å². The van der Waals surface area contributed by atoms with Crippen LogP contribution in [0.1, 0.15) is 17.1 Å².